The Balaban J connectivity index is 2.92. The van der Waals surface area contributed by atoms with Crippen LogP contribution in [-0.2, 0) is 0 Å². The molecule has 1 aromatic rings. The number of carbonyl (C=O) groups is 1. The third kappa shape index (κ3) is 2.52. The maximum absolute atomic E-state index is 11.6. The van der Waals surface area contributed by atoms with Crippen molar-refractivity contribution < 1.29 is 9.90 Å². The smallest absolute Gasteiger partial charge is 0.335 e. The SMILES string of the molecule is CC(C)(C)[N+]1([Si](C)(C)C(C)(C)C)C=C(Br)c2ccc(C(=O)O)cc21. The molecule has 0 radical (unpaired) electrons. The van der Waals surface area contributed by atoms with E-state index in [0.29, 0.717) is 5.56 Å². The molecule has 1 N–H and O–H groups in total. The molecule has 1 heterocycles. The van der Waals surface area contributed by atoms with Crippen LogP contribution >= 0.6 is 15.9 Å². The van der Waals surface area contributed by atoms with E-state index in [2.05, 4.69) is 76.8 Å². The highest BCUT2D eigenvalue weighted by Gasteiger charge is 2.63. The van der Waals surface area contributed by atoms with Crippen LogP contribution in [0.4, 0.5) is 5.69 Å². The fourth-order valence-corrected chi connectivity index (χ4v) is 8.66. The Bertz CT molecular complexity index is 726. The first-order valence-electron chi connectivity index (χ1n) is 8.32. The van der Waals surface area contributed by atoms with E-state index in [1.807, 2.05) is 12.1 Å². The molecule has 1 unspecified atom stereocenters. The van der Waals surface area contributed by atoms with Crippen molar-refractivity contribution in [1.29, 1.82) is 0 Å². The molecule has 2 rings (SSSR count). The van der Waals surface area contributed by atoms with E-state index in [1.54, 1.807) is 6.07 Å². The minimum Gasteiger partial charge on any atom is -0.478 e. The van der Waals surface area contributed by atoms with Crippen molar-refractivity contribution in [2.75, 3.05) is 0 Å². The zero-order chi connectivity index (χ0) is 18.7. The summed E-state index contributed by atoms with van der Waals surface area (Å²) in [5.74, 6) is -0.872. The zero-order valence-corrected chi connectivity index (χ0v) is 18.6. The Morgan fingerprint density at radius 2 is 1.67 bits per heavy atom. The van der Waals surface area contributed by atoms with Gasteiger partial charge in [0.15, 0.2) is 0 Å². The molecule has 0 saturated carbocycles. The number of hydrogen-bond donors (Lipinski definition) is 1. The van der Waals surface area contributed by atoms with Gasteiger partial charge in [-0.15, -0.1) is 0 Å². The van der Waals surface area contributed by atoms with Crippen LogP contribution in [0.1, 0.15) is 57.5 Å². The summed E-state index contributed by atoms with van der Waals surface area (Å²) in [6, 6.07) is 5.52. The van der Waals surface area contributed by atoms with Gasteiger partial charge in [-0.1, -0.05) is 20.8 Å². The number of carboxylic acid groups (broad SMARTS) is 1. The third-order valence-corrected chi connectivity index (χ3v) is 13.1. The van der Waals surface area contributed by atoms with Crippen molar-refractivity contribution in [3.05, 3.63) is 35.5 Å². The number of nitrogens with zero attached hydrogens (tertiary/aromatic N) is 1. The lowest BCUT2D eigenvalue weighted by molar-refractivity contribution is 0.0696. The number of benzene rings is 1. The first kappa shape index (κ1) is 19.4. The summed E-state index contributed by atoms with van der Waals surface area (Å²) in [6.45, 7) is 18.5. The van der Waals surface area contributed by atoms with E-state index in [-0.39, 0.29) is 10.6 Å². The maximum Gasteiger partial charge on any atom is 0.335 e. The molecule has 0 saturated heterocycles. The molecule has 0 fully saturated rings. The monoisotopic (exact) mass is 410 g/mol. The number of carboxylic acids is 1. The molecule has 3 nitrogen and oxygen atoms in total. The van der Waals surface area contributed by atoms with Crippen LogP contribution in [0.15, 0.2) is 24.4 Å². The van der Waals surface area contributed by atoms with Gasteiger partial charge in [0.2, 0.25) is 0 Å². The zero-order valence-electron chi connectivity index (χ0n) is 16.0. The Hall–Kier alpha value is -0.913. The van der Waals surface area contributed by atoms with E-state index >= 15 is 0 Å². The van der Waals surface area contributed by atoms with Crippen LogP contribution in [0.3, 0.4) is 0 Å². The first-order valence-corrected chi connectivity index (χ1v) is 12.1. The summed E-state index contributed by atoms with van der Waals surface area (Å²) in [5.41, 5.74) is 2.50. The molecular weight excluding hydrogens is 382 g/mol. The van der Waals surface area contributed by atoms with Crippen LogP contribution in [0.25, 0.3) is 4.48 Å². The lowest BCUT2D eigenvalue weighted by Crippen LogP contribution is -2.74. The number of rotatable bonds is 2. The summed E-state index contributed by atoms with van der Waals surface area (Å²) in [5, 5.41) is 9.64. The van der Waals surface area contributed by atoms with Crippen molar-refractivity contribution in [3.8, 4) is 0 Å². The molecule has 0 bridgehead atoms. The normalized spacial score (nSPS) is 21.5. The molecular formula is C19H29BrNO2Si+. The van der Waals surface area contributed by atoms with Gasteiger partial charge in [0, 0.05) is 11.1 Å². The van der Waals surface area contributed by atoms with Crippen molar-refractivity contribution >= 4 is 40.3 Å². The molecule has 0 aromatic heterocycles. The van der Waals surface area contributed by atoms with E-state index in [9.17, 15) is 9.90 Å². The van der Waals surface area contributed by atoms with Gasteiger partial charge in [0.05, 0.1) is 27.3 Å². The van der Waals surface area contributed by atoms with Crippen molar-refractivity contribution in [2.24, 2.45) is 0 Å². The Kier molecular flexibility index (Phi) is 4.48. The molecule has 0 aliphatic carbocycles. The average molecular weight is 411 g/mol. The summed E-state index contributed by atoms with van der Waals surface area (Å²) in [7, 11) is -1.97. The maximum atomic E-state index is 11.6. The second kappa shape index (κ2) is 5.54. The first-order chi connectivity index (χ1) is 10.7. The van der Waals surface area contributed by atoms with Gasteiger partial charge >= 0.3 is 5.97 Å². The molecule has 24 heavy (non-hydrogen) atoms. The van der Waals surface area contributed by atoms with Gasteiger partial charge in [0.1, 0.15) is 5.69 Å². The average Bonchev–Trinajstić information content (AvgIpc) is 2.71. The van der Waals surface area contributed by atoms with Crippen molar-refractivity contribution in [1.82, 2.24) is 4.15 Å². The topological polar surface area (TPSA) is 37.3 Å². The highest BCUT2D eigenvalue weighted by atomic mass is 79.9. The van der Waals surface area contributed by atoms with Crippen LogP contribution in [-0.4, -0.2) is 24.9 Å². The fraction of sp³-hybridized carbons (Fsp3) is 0.526. The number of hydrogen-bond acceptors (Lipinski definition) is 1. The van der Waals surface area contributed by atoms with Gasteiger partial charge < -0.3 is 9.26 Å². The van der Waals surface area contributed by atoms with E-state index in [4.69, 9.17) is 0 Å². The molecule has 1 aromatic carbocycles. The van der Waals surface area contributed by atoms with Crippen LogP contribution in [0.5, 0.6) is 0 Å². The Morgan fingerprint density at radius 3 is 2.08 bits per heavy atom. The summed E-state index contributed by atoms with van der Waals surface area (Å²) >= 11 is 3.75. The highest BCUT2D eigenvalue weighted by Crippen LogP contribution is 2.56. The van der Waals surface area contributed by atoms with Crippen molar-refractivity contribution in [3.63, 3.8) is 0 Å². The quantitative estimate of drug-likeness (QED) is 0.588. The fourth-order valence-electron chi connectivity index (χ4n) is 3.85. The van der Waals surface area contributed by atoms with Gasteiger partial charge in [0.25, 0.3) is 8.24 Å². The number of fused-ring (bicyclic) bond motifs is 1. The number of quaternary nitrogens is 1. The van der Waals surface area contributed by atoms with Crippen molar-refractivity contribution in [2.45, 2.75) is 65.2 Å². The summed E-state index contributed by atoms with van der Waals surface area (Å²) in [4.78, 5) is 11.6. The van der Waals surface area contributed by atoms with Crippen LogP contribution in [0.2, 0.25) is 18.1 Å². The molecule has 1 atom stereocenters. The van der Waals surface area contributed by atoms with Gasteiger partial charge in [-0.3, -0.25) is 0 Å². The molecule has 1 aliphatic rings. The Morgan fingerprint density at radius 1 is 1.12 bits per heavy atom. The summed E-state index contributed by atoms with van der Waals surface area (Å²) in [6.07, 6.45) is 2.31. The minimum absolute atomic E-state index is 0.0790. The van der Waals surface area contributed by atoms with Gasteiger partial charge in [-0.25, -0.2) is 4.79 Å². The Labute approximate surface area is 155 Å². The molecule has 132 valence electrons. The van der Waals surface area contributed by atoms with Crippen LogP contribution < -0.4 is 4.15 Å². The lowest BCUT2D eigenvalue weighted by Gasteiger charge is -2.57. The van der Waals surface area contributed by atoms with Gasteiger partial charge in [-0.2, -0.15) is 0 Å². The van der Waals surface area contributed by atoms with E-state index < -0.39 is 14.2 Å². The molecule has 0 spiro atoms. The standard InChI is InChI=1S/C19H28BrNO2Si/c1-18(2,3)21(24(7,8)19(4,5)6)12-15(20)14-10-9-13(17(22)23)11-16(14)21/h9-12H,1-8H3/p+1. The molecule has 5 heteroatoms. The predicted molar refractivity (Wildman–Crippen MR) is 109 cm³/mol. The number of aromatic carboxylic acids is 1. The van der Waals surface area contributed by atoms with Gasteiger partial charge in [-0.05, 0) is 61.9 Å². The molecule has 0 amide bonds. The number of halogens is 1. The lowest BCUT2D eigenvalue weighted by atomic mass is 10.0. The summed E-state index contributed by atoms with van der Waals surface area (Å²) < 4.78 is 1.80. The van der Waals surface area contributed by atoms with Crippen LogP contribution in [0, 0.1) is 0 Å². The van der Waals surface area contributed by atoms with E-state index in [1.165, 1.54) is 0 Å². The molecule has 1 aliphatic heterocycles. The third-order valence-electron chi connectivity index (χ3n) is 5.96. The van der Waals surface area contributed by atoms with E-state index in [0.717, 1.165) is 19.9 Å². The largest absolute Gasteiger partial charge is 0.478 e. The minimum atomic E-state index is -1.97. The second-order valence-electron chi connectivity index (χ2n) is 9.22. The highest BCUT2D eigenvalue weighted by molar-refractivity contribution is 9.15. The predicted octanol–water partition coefficient (Wildman–Crippen LogP) is 6.20. The second-order valence-corrected chi connectivity index (χ2v) is 15.4.